The molecule has 0 saturated heterocycles. The minimum atomic E-state index is -0.541. The number of hydrogen-bond donors (Lipinski definition) is 2. The molecule has 2 N–H and O–H groups in total. The van der Waals surface area contributed by atoms with Crippen molar-refractivity contribution in [2.45, 2.75) is 19.8 Å². The molecule has 32 heavy (non-hydrogen) atoms. The first-order chi connectivity index (χ1) is 15.5. The van der Waals surface area contributed by atoms with E-state index in [-0.39, 0.29) is 18.0 Å². The molecule has 162 valence electrons. The number of aromatic amines is 1. The third-order valence-electron chi connectivity index (χ3n) is 4.94. The predicted molar refractivity (Wildman–Crippen MR) is 121 cm³/mol. The van der Waals surface area contributed by atoms with Gasteiger partial charge in [0.1, 0.15) is 11.4 Å². The van der Waals surface area contributed by atoms with Crippen LogP contribution in [0.3, 0.4) is 0 Å². The number of oxazole rings is 1. The van der Waals surface area contributed by atoms with Gasteiger partial charge >= 0.3 is 5.97 Å². The second kappa shape index (κ2) is 9.34. The number of anilines is 1. The van der Waals surface area contributed by atoms with Crippen LogP contribution in [0.2, 0.25) is 0 Å². The summed E-state index contributed by atoms with van der Waals surface area (Å²) >= 11 is 0. The monoisotopic (exact) mass is 429 g/mol. The number of esters is 1. The smallest absolute Gasteiger partial charge is 0.356 e. The van der Waals surface area contributed by atoms with Crippen molar-refractivity contribution in [2.75, 3.05) is 12.4 Å². The number of carbonyl (C=O) groups is 2. The molecule has 7 nitrogen and oxygen atoms in total. The van der Waals surface area contributed by atoms with Gasteiger partial charge < -0.3 is 19.5 Å². The van der Waals surface area contributed by atoms with Crippen LogP contribution in [0.5, 0.6) is 0 Å². The van der Waals surface area contributed by atoms with Crippen LogP contribution in [0.4, 0.5) is 5.69 Å². The molecule has 0 aliphatic carbocycles. The first-order valence-corrected chi connectivity index (χ1v) is 10.2. The Balaban J connectivity index is 1.52. The molecule has 4 rings (SSSR count). The first kappa shape index (κ1) is 21.1. The molecule has 1 amide bonds. The summed E-state index contributed by atoms with van der Waals surface area (Å²) < 4.78 is 10.8. The third-order valence-corrected chi connectivity index (χ3v) is 4.94. The Morgan fingerprint density at radius 1 is 1.03 bits per heavy atom. The summed E-state index contributed by atoms with van der Waals surface area (Å²) in [5, 5.41) is 2.76. The van der Waals surface area contributed by atoms with E-state index < -0.39 is 5.97 Å². The van der Waals surface area contributed by atoms with Crippen LogP contribution in [0, 0.1) is 6.92 Å². The van der Waals surface area contributed by atoms with Crippen LogP contribution in [-0.4, -0.2) is 29.0 Å². The van der Waals surface area contributed by atoms with E-state index in [1.54, 1.807) is 13.0 Å². The molecule has 0 aliphatic rings. The number of aryl methyl sites for hydroxylation is 2. The number of nitrogens with zero attached hydrogens (tertiary/aromatic N) is 1. The summed E-state index contributed by atoms with van der Waals surface area (Å²) in [4.78, 5) is 32.0. The van der Waals surface area contributed by atoms with Crippen LogP contribution in [0.15, 0.2) is 71.1 Å². The molecular weight excluding hydrogens is 406 g/mol. The van der Waals surface area contributed by atoms with E-state index >= 15 is 0 Å². The molecule has 0 radical (unpaired) electrons. The Labute approximate surface area is 185 Å². The van der Waals surface area contributed by atoms with Crippen molar-refractivity contribution in [3.63, 3.8) is 0 Å². The molecule has 2 aromatic carbocycles. The van der Waals surface area contributed by atoms with E-state index in [9.17, 15) is 9.59 Å². The van der Waals surface area contributed by atoms with Gasteiger partial charge in [-0.2, -0.15) is 0 Å². The standard InChI is InChI=1S/C25H23N3O4/c1-16-15-19(23(26-16)25(30)31-2)27-20(29)13-14-21-28-22(17-9-5-3-6-10-17)24(32-21)18-11-7-4-8-12-18/h3-12,15,26H,13-14H2,1-2H3,(H,27,29). The van der Waals surface area contributed by atoms with E-state index in [1.165, 1.54) is 7.11 Å². The molecule has 0 saturated carbocycles. The molecule has 2 aromatic heterocycles. The Bertz CT molecular complexity index is 1170. The number of benzene rings is 2. The van der Waals surface area contributed by atoms with Crippen molar-refractivity contribution in [1.82, 2.24) is 9.97 Å². The topological polar surface area (TPSA) is 97.2 Å². The highest BCUT2D eigenvalue weighted by atomic mass is 16.5. The first-order valence-electron chi connectivity index (χ1n) is 10.2. The molecule has 0 aliphatic heterocycles. The van der Waals surface area contributed by atoms with Gasteiger partial charge in [0.05, 0.1) is 12.8 Å². The molecule has 0 spiro atoms. The minimum Gasteiger partial charge on any atom is -0.464 e. The average Bonchev–Trinajstić information content (AvgIpc) is 3.42. The van der Waals surface area contributed by atoms with Gasteiger partial charge in [0.25, 0.3) is 0 Å². The molecule has 0 unspecified atom stereocenters. The minimum absolute atomic E-state index is 0.147. The van der Waals surface area contributed by atoms with Crippen molar-refractivity contribution in [2.24, 2.45) is 0 Å². The van der Waals surface area contributed by atoms with Gasteiger partial charge in [0, 0.05) is 29.7 Å². The maximum atomic E-state index is 12.5. The van der Waals surface area contributed by atoms with Gasteiger partial charge in [0.2, 0.25) is 5.91 Å². The average molecular weight is 429 g/mol. The van der Waals surface area contributed by atoms with E-state index in [4.69, 9.17) is 9.15 Å². The maximum absolute atomic E-state index is 12.5. The van der Waals surface area contributed by atoms with Crippen molar-refractivity contribution >= 4 is 17.6 Å². The lowest BCUT2D eigenvalue weighted by molar-refractivity contribution is -0.116. The second-order valence-electron chi connectivity index (χ2n) is 7.30. The van der Waals surface area contributed by atoms with Gasteiger partial charge in [0.15, 0.2) is 11.7 Å². The van der Waals surface area contributed by atoms with Crippen molar-refractivity contribution < 1.29 is 18.7 Å². The Morgan fingerprint density at radius 2 is 1.69 bits per heavy atom. The van der Waals surface area contributed by atoms with Crippen molar-refractivity contribution in [3.05, 3.63) is 84.0 Å². The van der Waals surface area contributed by atoms with Gasteiger partial charge in [-0.15, -0.1) is 0 Å². The normalized spacial score (nSPS) is 10.7. The third kappa shape index (κ3) is 4.62. The van der Waals surface area contributed by atoms with Crippen LogP contribution in [-0.2, 0) is 16.0 Å². The fourth-order valence-electron chi connectivity index (χ4n) is 3.43. The van der Waals surface area contributed by atoms with Gasteiger partial charge in [-0.1, -0.05) is 60.7 Å². The van der Waals surface area contributed by atoms with E-state index in [0.29, 0.717) is 23.8 Å². The van der Waals surface area contributed by atoms with E-state index in [1.807, 2.05) is 60.7 Å². The lowest BCUT2D eigenvalue weighted by Crippen LogP contribution is -2.15. The van der Waals surface area contributed by atoms with Gasteiger partial charge in [-0.3, -0.25) is 4.79 Å². The highest BCUT2D eigenvalue weighted by molar-refractivity contribution is 6.00. The summed E-state index contributed by atoms with van der Waals surface area (Å²) in [6.07, 6.45) is 0.462. The highest BCUT2D eigenvalue weighted by Crippen LogP contribution is 2.32. The summed E-state index contributed by atoms with van der Waals surface area (Å²) in [5.74, 6) is 0.341. The quantitative estimate of drug-likeness (QED) is 0.403. The summed E-state index contributed by atoms with van der Waals surface area (Å²) in [5.41, 5.74) is 3.94. The number of nitrogens with one attached hydrogen (secondary N) is 2. The number of H-pyrrole nitrogens is 1. The van der Waals surface area contributed by atoms with Gasteiger partial charge in [-0.25, -0.2) is 9.78 Å². The zero-order valence-electron chi connectivity index (χ0n) is 17.8. The molecular formula is C25H23N3O4. The lowest BCUT2D eigenvalue weighted by atomic mass is 10.1. The highest BCUT2D eigenvalue weighted by Gasteiger charge is 2.19. The fourth-order valence-corrected chi connectivity index (χ4v) is 3.43. The lowest BCUT2D eigenvalue weighted by Gasteiger charge is -2.04. The predicted octanol–water partition coefficient (Wildman–Crippen LogP) is 5.00. The zero-order chi connectivity index (χ0) is 22.5. The molecule has 4 aromatic rings. The Hall–Kier alpha value is -4.13. The van der Waals surface area contributed by atoms with Crippen LogP contribution < -0.4 is 5.32 Å². The Kier molecular flexibility index (Phi) is 6.17. The maximum Gasteiger partial charge on any atom is 0.356 e. The van der Waals surface area contributed by atoms with E-state index in [0.717, 1.165) is 22.5 Å². The number of amides is 1. The number of ether oxygens (including phenoxy) is 1. The molecule has 0 atom stereocenters. The SMILES string of the molecule is COC(=O)c1[nH]c(C)cc1NC(=O)CCc1nc(-c2ccccc2)c(-c2ccccc2)o1. The number of aromatic nitrogens is 2. The molecule has 7 heteroatoms. The van der Waals surface area contributed by atoms with Crippen LogP contribution in [0.25, 0.3) is 22.6 Å². The number of carbonyl (C=O) groups excluding carboxylic acids is 2. The number of methoxy groups -OCH3 is 1. The molecule has 0 fully saturated rings. The second-order valence-corrected chi connectivity index (χ2v) is 7.30. The van der Waals surface area contributed by atoms with E-state index in [2.05, 4.69) is 15.3 Å². The molecule has 2 heterocycles. The zero-order valence-corrected chi connectivity index (χ0v) is 17.8. The van der Waals surface area contributed by atoms with Crippen molar-refractivity contribution in [1.29, 1.82) is 0 Å². The van der Waals surface area contributed by atoms with Gasteiger partial charge in [-0.05, 0) is 13.0 Å². The van der Waals surface area contributed by atoms with Crippen molar-refractivity contribution in [3.8, 4) is 22.6 Å². The summed E-state index contributed by atoms with van der Waals surface area (Å²) in [7, 11) is 1.29. The largest absolute Gasteiger partial charge is 0.464 e. The fraction of sp³-hybridized carbons (Fsp3) is 0.160. The van der Waals surface area contributed by atoms with Crippen LogP contribution in [0.1, 0.15) is 28.5 Å². The number of rotatable bonds is 7. The number of hydrogen-bond acceptors (Lipinski definition) is 5. The summed E-state index contributed by atoms with van der Waals surface area (Å²) in [6, 6.07) is 21.2. The molecule has 0 bridgehead atoms. The Morgan fingerprint density at radius 3 is 2.34 bits per heavy atom. The van der Waals surface area contributed by atoms with Crippen LogP contribution >= 0.6 is 0 Å². The summed E-state index contributed by atoms with van der Waals surface area (Å²) in [6.45, 7) is 1.80.